The zero-order valence-corrected chi connectivity index (χ0v) is 10.4. The van der Waals surface area contributed by atoms with Gasteiger partial charge in [0.2, 0.25) is 0 Å². The Morgan fingerprint density at radius 2 is 2.18 bits per heavy atom. The fraction of sp³-hybridized carbons (Fsp3) is 0.182. The van der Waals surface area contributed by atoms with Crippen LogP contribution in [0.2, 0.25) is 0 Å². The van der Waals surface area contributed by atoms with Crippen LogP contribution in [0, 0.1) is 11.6 Å². The number of benzene rings is 1. The van der Waals surface area contributed by atoms with E-state index in [1.807, 2.05) is 0 Å². The summed E-state index contributed by atoms with van der Waals surface area (Å²) in [6.45, 7) is 1.91. The van der Waals surface area contributed by atoms with Crippen molar-refractivity contribution in [2.75, 3.05) is 6.61 Å². The van der Waals surface area contributed by atoms with Crippen molar-refractivity contribution in [1.82, 2.24) is 4.98 Å². The summed E-state index contributed by atoms with van der Waals surface area (Å²) in [4.78, 5) is 14.1. The van der Waals surface area contributed by atoms with Crippen molar-refractivity contribution in [1.29, 1.82) is 0 Å². The van der Waals surface area contributed by atoms with Gasteiger partial charge in [-0.05, 0) is 28.9 Å². The Balaban J connectivity index is 2.58. The number of ether oxygens (including phenoxy) is 1. The number of aromatic amines is 1. The highest BCUT2D eigenvalue weighted by Crippen LogP contribution is 2.29. The fourth-order valence-electron chi connectivity index (χ4n) is 1.50. The smallest absolute Gasteiger partial charge is 0.354 e. The van der Waals surface area contributed by atoms with Crippen molar-refractivity contribution >= 4 is 32.8 Å². The molecule has 0 amide bonds. The summed E-state index contributed by atoms with van der Waals surface area (Å²) in [5, 5.41) is 0.395. The molecule has 0 unspecified atom stereocenters. The second-order valence-electron chi connectivity index (χ2n) is 3.35. The van der Waals surface area contributed by atoms with E-state index < -0.39 is 17.6 Å². The molecule has 90 valence electrons. The number of carbonyl (C=O) groups is 1. The molecule has 0 radical (unpaired) electrons. The van der Waals surface area contributed by atoms with Crippen LogP contribution in [0.3, 0.4) is 0 Å². The average Bonchev–Trinajstić information content (AvgIpc) is 2.70. The highest BCUT2D eigenvalue weighted by Gasteiger charge is 2.16. The van der Waals surface area contributed by atoms with Gasteiger partial charge in [0.05, 0.1) is 16.6 Å². The Morgan fingerprint density at radius 1 is 1.47 bits per heavy atom. The first kappa shape index (κ1) is 12.0. The van der Waals surface area contributed by atoms with Crippen molar-refractivity contribution in [2.24, 2.45) is 0 Å². The number of hydrogen-bond donors (Lipinski definition) is 1. The van der Waals surface area contributed by atoms with Crippen LogP contribution in [0.15, 0.2) is 16.6 Å². The molecule has 0 saturated carbocycles. The Labute approximate surface area is 104 Å². The van der Waals surface area contributed by atoms with E-state index in [4.69, 9.17) is 4.74 Å². The van der Waals surface area contributed by atoms with Gasteiger partial charge in [-0.1, -0.05) is 0 Å². The van der Waals surface area contributed by atoms with Gasteiger partial charge in [0, 0.05) is 11.5 Å². The zero-order chi connectivity index (χ0) is 12.6. The number of carbonyl (C=O) groups excluding carboxylic acids is 1. The molecule has 0 aliphatic carbocycles. The van der Waals surface area contributed by atoms with Crippen LogP contribution in [-0.4, -0.2) is 17.6 Å². The standard InChI is InChI=1S/C11H8BrF2NO2/c1-2-17-11(16)8-3-5-7(15-8)4-6(13)10(14)9(5)12/h3-4,15H,2H2,1H3. The molecule has 3 nitrogen and oxygen atoms in total. The van der Waals surface area contributed by atoms with Crippen LogP contribution in [0.5, 0.6) is 0 Å². The molecule has 2 aromatic rings. The van der Waals surface area contributed by atoms with Gasteiger partial charge in [0.1, 0.15) is 5.69 Å². The number of H-pyrrole nitrogens is 1. The summed E-state index contributed by atoms with van der Waals surface area (Å²) in [5.41, 5.74) is 0.492. The first-order valence-electron chi connectivity index (χ1n) is 4.88. The second-order valence-corrected chi connectivity index (χ2v) is 4.14. The molecule has 0 atom stereocenters. The molecule has 0 aliphatic rings. The number of hydrogen-bond acceptors (Lipinski definition) is 2. The minimum Gasteiger partial charge on any atom is -0.461 e. The van der Waals surface area contributed by atoms with Gasteiger partial charge in [-0.15, -0.1) is 0 Å². The maximum Gasteiger partial charge on any atom is 0.354 e. The van der Waals surface area contributed by atoms with Gasteiger partial charge < -0.3 is 9.72 Å². The van der Waals surface area contributed by atoms with Crippen molar-refractivity contribution < 1.29 is 18.3 Å². The fourth-order valence-corrected chi connectivity index (χ4v) is 2.02. The van der Waals surface area contributed by atoms with Crippen LogP contribution >= 0.6 is 15.9 Å². The van der Waals surface area contributed by atoms with Gasteiger partial charge in [-0.2, -0.15) is 0 Å². The van der Waals surface area contributed by atoms with Crippen LogP contribution in [-0.2, 0) is 4.74 Å². The SMILES string of the molecule is CCOC(=O)c1cc2c(Br)c(F)c(F)cc2[nH]1. The summed E-state index contributed by atoms with van der Waals surface area (Å²) < 4.78 is 31.2. The third kappa shape index (κ3) is 2.04. The summed E-state index contributed by atoms with van der Waals surface area (Å²) in [7, 11) is 0. The molecule has 2 rings (SSSR count). The molecule has 0 aliphatic heterocycles. The summed E-state index contributed by atoms with van der Waals surface area (Å²) in [5.74, 6) is -2.52. The monoisotopic (exact) mass is 303 g/mol. The number of halogens is 3. The van der Waals surface area contributed by atoms with Crippen LogP contribution in [0.4, 0.5) is 8.78 Å². The molecular weight excluding hydrogens is 296 g/mol. The highest BCUT2D eigenvalue weighted by atomic mass is 79.9. The molecule has 6 heteroatoms. The van der Waals surface area contributed by atoms with E-state index in [1.54, 1.807) is 6.92 Å². The summed E-state index contributed by atoms with van der Waals surface area (Å²) >= 11 is 2.95. The lowest BCUT2D eigenvalue weighted by atomic mass is 10.2. The van der Waals surface area contributed by atoms with Gasteiger partial charge in [0.25, 0.3) is 0 Å². The van der Waals surface area contributed by atoms with E-state index in [9.17, 15) is 13.6 Å². The predicted octanol–water partition coefficient (Wildman–Crippen LogP) is 3.39. The quantitative estimate of drug-likeness (QED) is 0.682. The zero-order valence-electron chi connectivity index (χ0n) is 8.81. The number of esters is 1. The van der Waals surface area contributed by atoms with Crippen molar-refractivity contribution in [3.8, 4) is 0 Å². The third-order valence-electron chi connectivity index (χ3n) is 2.25. The molecule has 0 bridgehead atoms. The molecule has 17 heavy (non-hydrogen) atoms. The normalized spacial score (nSPS) is 10.8. The molecule has 1 aromatic carbocycles. The number of nitrogens with one attached hydrogen (secondary N) is 1. The lowest BCUT2D eigenvalue weighted by Gasteiger charge is -1.97. The highest BCUT2D eigenvalue weighted by molar-refractivity contribution is 9.10. The summed E-state index contributed by atoms with van der Waals surface area (Å²) in [6.07, 6.45) is 0. The third-order valence-corrected chi connectivity index (χ3v) is 3.03. The molecule has 0 saturated heterocycles. The van der Waals surface area contributed by atoms with E-state index in [1.165, 1.54) is 6.07 Å². The minimum atomic E-state index is -0.985. The first-order valence-corrected chi connectivity index (χ1v) is 5.67. The second kappa shape index (κ2) is 4.44. The van der Waals surface area contributed by atoms with Crippen molar-refractivity contribution in [3.63, 3.8) is 0 Å². The van der Waals surface area contributed by atoms with Crippen LogP contribution < -0.4 is 0 Å². The lowest BCUT2D eigenvalue weighted by molar-refractivity contribution is 0.0520. The topological polar surface area (TPSA) is 42.1 Å². The molecule has 0 fully saturated rings. The maximum absolute atomic E-state index is 13.3. The van der Waals surface area contributed by atoms with Gasteiger partial charge >= 0.3 is 5.97 Å². The van der Waals surface area contributed by atoms with Gasteiger partial charge in [-0.25, -0.2) is 13.6 Å². The maximum atomic E-state index is 13.3. The largest absolute Gasteiger partial charge is 0.461 e. The van der Waals surface area contributed by atoms with Gasteiger partial charge in [0.15, 0.2) is 11.6 Å². The van der Waals surface area contributed by atoms with E-state index in [0.29, 0.717) is 10.9 Å². The number of fused-ring (bicyclic) bond motifs is 1. The molecule has 1 N–H and O–H groups in total. The molecule has 0 spiro atoms. The van der Waals surface area contributed by atoms with Crippen molar-refractivity contribution in [3.05, 3.63) is 33.9 Å². The Kier molecular flexibility index (Phi) is 3.15. The van der Waals surface area contributed by atoms with E-state index >= 15 is 0 Å². The van der Waals surface area contributed by atoms with E-state index in [0.717, 1.165) is 6.07 Å². The van der Waals surface area contributed by atoms with Crippen molar-refractivity contribution in [2.45, 2.75) is 6.92 Å². The molecule has 1 aromatic heterocycles. The molecular formula is C11H8BrF2NO2. The predicted molar refractivity (Wildman–Crippen MR) is 61.9 cm³/mol. The van der Waals surface area contributed by atoms with Crippen LogP contribution in [0.1, 0.15) is 17.4 Å². The minimum absolute atomic E-state index is 0.0145. The Morgan fingerprint density at radius 3 is 2.82 bits per heavy atom. The molecule has 1 heterocycles. The Hall–Kier alpha value is -1.43. The van der Waals surface area contributed by atoms with Crippen LogP contribution in [0.25, 0.3) is 10.9 Å². The Bertz CT molecular complexity index is 595. The summed E-state index contributed by atoms with van der Waals surface area (Å²) in [6, 6.07) is 2.41. The number of rotatable bonds is 2. The van der Waals surface area contributed by atoms with Gasteiger partial charge in [-0.3, -0.25) is 0 Å². The van der Waals surface area contributed by atoms with E-state index in [-0.39, 0.29) is 16.8 Å². The average molecular weight is 304 g/mol. The van der Waals surface area contributed by atoms with E-state index in [2.05, 4.69) is 20.9 Å². The number of aromatic nitrogens is 1. The lowest BCUT2D eigenvalue weighted by Crippen LogP contribution is -2.04. The first-order chi connectivity index (χ1) is 8.04.